The van der Waals surface area contributed by atoms with Gasteiger partial charge in [0.2, 0.25) is 5.88 Å². The molecule has 2 heterocycles. The van der Waals surface area contributed by atoms with E-state index in [0.717, 1.165) is 18.3 Å². The number of ether oxygens (including phenoxy) is 2. The lowest BCUT2D eigenvalue weighted by molar-refractivity contribution is 0.0600. The zero-order valence-electron chi connectivity index (χ0n) is 15.0. The van der Waals surface area contributed by atoms with Gasteiger partial charge in [0.15, 0.2) is 0 Å². The Bertz CT molecular complexity index is 1100. The number of esters is 1. The minimum absolute atomic E-state index is 0.0428. The third kappa shape index (κ3) is 4.65. The summed E-state index contributed by atoms with van der Waals surface area (Å²) in [6.07, 6.45) is 2.67. The van der Waals surface area contributed by atoms with Crippen molar-refractivity contribution in [2.45, 2.75) is 4.90 Å². The van der Waals surface area contributed by atoms with Gasteiger partial charge in [0, 0.05) is 25.5 Å². The van der Waals surface area contributed by atoms with E-state index in [4.69, 9.17) is 4.74 Å². The monoisotopic (exact) mass is 435 g/mol. The first-order chi connectivity index (χ1) is 13.3. The number of hydrogen-bond donors (Lipinski definition) is 0. The number of carbonyl (C=O) groups is 1. The summed E-state index contributed by atoms with van der Waals surface area (Å²) in [5.41, 5.74) is 0.497. The van der Waals surface area contributed by atoms with E-state index in [-0.39, 0.29) is 29.1 Å². The molecule has 0 amide bonds. The lowest BCUT2D eigenvalue weighted by atomic mass is 10.1. The molecule has 0 atom stereocenters. The molecular formula is C17H14F5N3O3S. The predicted octanol–water partition coefficient (Wildman–Crippen LogP) is 5.72. The maximum Gasteiger partial charge on any atom is 0.339 e. The van der Waals surface area contributed by atoms with Crippen LogP contribution in [0.3, 0.4) is 0 Å². The summed E-state index contributed by atoms with van der Waals surface area (Å²) in [5.74, 6) is -1.44. The average Bonchev–Trinajstić information content (AvgIpc) is 3.06. The summed E-state index contributed by atoms with van der Waals surface area (Å²) in [5, 5.41) is 4.14. The van der Waals surface area contributed by atoms with Gasteiger partial charge in [0.1, 0.15) is 10.6 Å². The molecule has 3 rings (SSSR count). The second kappa shape index (κ2) is 6.17. The van der Waals surface area contributed by atoms with Crippen molar-refractivity contribution < 1.29 is 33.7 Å². The van der Waals surface area contributed by atoms with Gasteiger partial charge < -0.3 is 9.47 Å². The normalized spacial score (nSPS) is 14.0. The zero-order chi connectivity index (χ0) is 21.5. The van der Waals surface area contributed by atoms with E-state index in [0.29, 0.717) is 5.69 Å². The van der Waals surface area contributed by atoms with E-state index in [9.17, 15) is 24.2 Å². The fourth-order valence-electron chi connectivity index (χ4n) is 2.39. The second-order valence-corrected chi connectivity index (χ2v) is 8.40. The van der Waals surface area contributed by atoms with Crippen molar-refractivity contribution in [2.75, 3.05) is 7.11 Å². The van der Waals surface area contributed by atoms with Crippen LogP contribution in [0.25, 0.3) is 11.3 Å². The number of pyridine rings is 1. The van der Waals surface area contributed by atoms with Gasteiger partial charge in [0.05, 0.1) is 23.9 Å². The Morgan fingerprint density at radius 1 is 1.10 bits per heavy atom. The van der Waals surface area contributed by atoms with Gasteiger partial charge in [-0.25, -0.2) is 9.78 Å². The highest BCUT2D eigenvalue weighted by Crippen LogP contribution is 3.02. The third-order valence-electron chi connectivity index (χ3n) is 3.73. The lowest BCUT2D eigenvalue weighted by Gasteiger charge is -2.40. The summed E-state index contributed by atoms with van der Waals surface area (Å²) < 4.78 is 76.7. The molecule has 12 heteroatoms. The van der Waals surface area contributed by atoms with Gasteiger partial charge in [-0.3, -0.25) is 4.68 Å². The van der Waals surface area contributed by atoms with Gasteiger partial charge in [-0.15, -0.1) is 0 Å². The zero-order valence-corrected chi connectivity index (χ0v) is 15.8. The van der Waals surface area contributed by atoms with Crippen LogP contribution in [0.5, 0.6) is 11.6 Å². The Labute approximate surface area is 161 Å². The van der Waals surface area contributed by atoms with E-state index in [1.165, 1.54) is 17.9 Å². The molecule has 0 bridgehead atoms. The highest BCUT2D eigenvalue weighted by atomic mass is 32.5. The molecule has 1 aromatic carbocycles. The third-order valence-corrected chi connectivity index (χ3v) is 4.87. The Hall–Kier alpha value is -3.15. The van der Waals surface area contributed by atoms with Crippen molar-refractivity contribution in [1.82, 2.24) is 14.8 Å². The predicted molar refractivity (Wildman–Crippen MR) is 95.7 cm³/mol. The van der Waals surface area contributed by atoms with Crippen LogP contribution in [0.15, 0.2) is 53.7 Å². The van der Waals surface area contributed by atoms with Gasteiger partial charge in [-0.05, 0) is 24.3 Å². The minimum atomic E-state index is -9.88. The van der Waals surface area contributed by atoms with Gasteiger partial charge >= 0.3 is 16.2 Å². The molecule has 0 radical (unpaired) electrons. The average molecular weight is 435 g/mol. The van der Waals surface area contributed by atoms with Crippen molar-refractivity contribution in [2.24, 2.45) is 7.05 Å². The van der Waals surface area contributed by atoms with Crippen molar-refractivity contribution in [3.8, 4) is 22.9 Å². The molecule has 0 saturated heterocycles. The maximum atomic E-state index is 13.1. The van der Waals surface area contributed by atoms with Crippen molar-refractivity contribution >= 4 is 16.2 Å². The molecule has 6 nitrogen and oxygen atoms in total. The molecule has 156 valence electrons. The molecule has 0 N–H and O–H groups in total. The first-order valence-corrected chi connectivity index (χ1v) is 9.82. The van der Waals surface area contributed by atoms with E-state index in [2.05, 4.69) is 14.8 Å². The molecular weight excluding hydrogens is 421 g/mol. The van der Waals surface area contributed by atoms with Crippen LogP contribution in [-0.4, -0.2) is 27.8 Å². The first-order valence-electron chi connectivity index (χ1n) is 7.87. The SMILES string of the molecule is COC(=O)c1cnc(Oc2cccc(S(F)(F)(F)(F)F)c2)c(-c2ccn(C)n2)c1. The molecule has 0 aliphatic carbocycles. The fourth-order valence-corrected chi connectivity index (χ4v) is 3.07. The summed E-state index contributed by atoms with van der Waals surface area (Å²) >= 11 is 0. The number of aryl methyl sites for hydroxylation is 1. The molecule has 0 fully saturated rings. The number of halogens is 5. The molecule has 2 aromatic heterocycles. The molecule has 0 spiro atoms. The second-order valence-electron chi connectivity index (χ2n) is 5.99. The van der Waals surface area contributed by atoms with Gasteiger partial charge in [-0.2, -0.15) is 5.10 Å². The quantitative estimate of drug-likeness (QED) is 0.379. The molecule has 0 aliphatic heterocycles. The molecule has 3 aromatic rings. The van der Waals surface area contributed by atoms with Crippen LogP contribution in [0.1, 0.15) is 10.4 Å². The number of aromatic nitrogens is 3. The fraction of sp³-hybridized carbons (Fsp3) is 0.118. The highest BCUT2D eigenvalue weighted by Gasteiger charge is 2.65. The number of benzene rings is 1. The molecule has 0 saturated carbocycles. The summed E-state index contributed by atoms with van der Waals surface area (Å²) in [4.78, 5) is 13.6. The Kier molecular flexibility index (Phi) is 4.38. The number of carbonyl (C=O) groups excluding carboxylic acids is 1. The molecule has 0 aliphatic rings. The number of rotatable bonds is 5. The highest BCUT2D eigenvalue weighted by molar-refractivity contribution is 8.45. The Balaban J connectivity index is 2.07. The van der Waals surface area contributed by atoms with Crippen molar-refractivity contribution in [3.05, 3.63) is 54.4 Å². The van der Waals surface area contributed by atoms with Crippen LogP contribution < -0.4 is 4.74 Å². The topological polar surface area (TPSA) is 66.2 Å². The number of methoxy groups -OCH3 is 1. The van der Waals surface area contributed by atoms with E-state index < -0.39 is 26.8 Å². The van der Waals surface area contributed by atoms with E-state index >= 15 is 0 Å². The summed E-state index contributed by atoms with van der Waals surface area (Å²) in [7, 11) is -7.09. The molecule has 0 unspecified atom stereocenters. The Morgan fingerprint density at radius 3 is 2.41 bits per heavy atom. The smallest absolute Gasteiger partial charge is 0.339 e. The van der Waals surface area contributed by atoms with Gasteiger partial charge in [0.25, 0.3) is 0 Å². The summed E-state index contributed by atoms with van der Waals surface area (Å²) in [6, 6.07) is 5.21. The lowest BCUT2D eigenvalue weighted by Crippen LogP contribution is -2.06. The minimum Gasteiger partial charge on any atom is -0.465 e. The van der Waals surface area contributed by atoms with Gasteiger partial charge in [-0.1, -0.05) is 25.5 Å². The van der Waals surface area contributed by atoms with Crippen LogP contribution in [0, 0.1) is 0 Å². The maximum absolute atomic E-state index is 13.1. The van der Waals surface area contributed by atoms with Crippen molar-refractivity contribution in [1.29, 1.82) is 0 Å². The van der Waals surface area contributed by atoms with Crippen LogP contribution in [-0.2, 0) is 11.8 Å². The number of hydrogen-bond acceptors (Lipinski definition) is 5. The standard InChI is InChI=1S/C17H14F5N3O3S/c1-25-7-6-15(24-25)14-8-11(17(26)27-2)10-23-16(14)28-12-4-3-5-13(9-12)29(18,19,20,21)22/h3-10H,1-2H3. The summed E-state index contributed by atoms with van der Waals surface area (Å²) in [6.45, 7) is 0. The van der Waals surface area contributed by atoms with Crippen LogP contribution in [0.2, 0.25) is 0 Å². The van der Waals surface area contributed by atoms with Crippen molar-refractivity contribution in [3.63, 3.8) is 0 Å². The first kappa shape index (κ1) is 20.6. The van der Waals surface area contributed by atoms with Crippen LogP contribution in [0.4, 0.5) is 19.4 Å². The molecule has 29 heavy (non-hydrogen) atoms. The van der Waals surface area contributed by atoms with Crippen LogP contribution >= 0.6 is 10.2 Å². The largest absolute Gasteiger partial charge is 0.465 e. The van der Waals surface area contributed by atoms with E-state index in [1.807, 2.05) is 0 Å². The Morgan fingerprint density at radius 2 is 1.83 bits per heavy atom. The number of nitrogens with zero attached hydrogens (tertiary/aromatic N) is 3. The van der Waals surface area contributed by atoms with E-state index in [1.54, 1.807) is 19.3 Å².